The highest BCUT2D eigenvalue weighted by Crippen LogP contribution is 2.22. The topological polar surface area (TPSA) is 52.3 Å². The quantitative estimate of drug-likeness (QED) is 0.661. The van der Waals surface area contributed by atoms with Gasteiger partial charge in [0.05, 0.1) is 0 Å². The average molecular weight is 187 g/mol. The lowest BCUT2D eigenvalue weighted by atomic mass is 9.93. The van der Waals surface area contributed by atoms with Crippen LogP contribution >= 0.6 is 0 Å². The molecule has 78 valence electrons. The average Bonchev–Trinajstić information content (AvgIpc) is 2.12. The van der Waals surface area contributed by atoms with E-state index in [1.165, 1.54) is 0 Å². The summed E-state index contributed by atoms with van der Waals surface area (Å²) in [5.41, 5.74) is 4.63. The minimum Gasteiger partial charge on any atom is -0.367 e. The van der Waals surface area contributed by atoms with Crippen LogP contribution in [0.4, 0.5) is 0 Å². The molecule has 0 aliphatic carbocycles. The molecule has 1 unspecified atom stereocenters. The maximum absolute atomic E-state index is 11.2. The molecule has 1 amide bonds. The van der Waals surface area contributed by atoms with Gasteiger partial charge in [0.1, 0.15) is 5.60 Å². The zero-order chi connectivity index (χ0) is 10.3. The molecule has 0 aromatic carbocycles. The maximum Gasteiger partial charge on any atom is 0.249 e. The fourth-order valence-corrected chi connectivity index (χ4v) is 1.46. The van der Waals surface area contributed by atoms with Gasteiger partial charge >= 0.3 is 0 Å². The summed E-state index contributed by atoms with van der Waals surface area (Å²) >= 11 is 0. The van der Waals surface area contributed by atoms with Crippen molar-refractivity contribution in [1.82, 2.24) is 0 Å². The van der Waals surface area contributed by atoms with Gasteiger partial charge < -0.3 is 10.5 Å². The van der Waals surface area contributed by atoms with Crippen molar-refractivity contribution >= 4 is 5.91 Å². The summed E-state index contributed by atoms with van der Waals surface area (Å²) in [6.07, 6.45) is 3.44. The van der Waals surface area contributed by atoms with E-state index in [0.29, 0.717) is 13.0 Å². The van der Waals surface area contributed by atoms with E-state index in [0.717, 1.165) is 19.3 Å². The molecule has 0 aromatic heterocycles. The van der Waals surface area contributed by atoms with Crippen LogP contribution < -0.4 is 5.73 Å². The highest BCUT2D eigenvalue weighted by atomic mass is 16.5. The number of carbonyl (C=O) groups is 1. The molecular formula is C10H21NO2. The predicted molar refractivity (Wildman–Crippen MR) is 53.4 cm³/mol. The van der Waals surface area contributed by atoms with Crippen molar-refractivity contribution < 1.29 is 9.53 Å². The highest BCUT2D eigenvalue weighted by Gasteiger charge is 2.34. The van der Waals surface area contributed by atoms with E-state index >= 15 is 0 Å². The number of primary amides is 1. The first-order chi connectivity index (χ1) is 6.13. The van der Waals surface area contributed by atoms with Gasteiger partial charge in [-0.15, -0.1) is 0 Å². The van der Waals surface area contributed by atoms with Gasteiger partial charge in [-0.25, -0.2) is 0 Å². The molecule has 13 heavy (non-hydrogen) atoms. The number of nitrogens with two attached hydrogens (primary N) is 1. The summed E-state index contributed by atoms with van der Waals surface area (Å²) in [5.74, 6) is -0.328. The number of carbonyl (C=O) groups excluding carboxylic acids is 1. The van der Waals surface area contributed by atoms with Crippen LogP contribution in [0, 0.1) is 0 Å². The monoisotopic (exact) mass is 187 g/mol. The standard InChI is InChI=1S/C10H21NO2/c1-4-7-8-10(5-2,9(11)12)13-6-3/h4-8H2,1-3H3,(H2,11,12). The van der Waals surface area contributed by atoms with Crippen molar-refractivity contribution in [2.45, 2.75) is 52.1 Å². The van der Waals surface area contributed by atoms with Gasteiger partial charge in [-0.3, -0.25) is 4.79 Å². The van der Waals surface area contributed by atoms with E-state index in [1.807, 2.05) is 13.8 Å². The molecule has 0 fully saturated rings. The van der Waals surface area contributed by atoms with Crippen molar-refractivity contribution in [1.29, 1.82) is 0 Å². The SMILES string of the molecule is CCCCC(CC)(OCC)C(N)=O. The zero-order valence-electron chi connectivity index (χ0n) is 8.93. The Labute approximate surface area is 80.6 Å². The third-order valence-electron chi connectivity index (χ3n) is 2.37. The zero-order valence-corrected chi connectivity index (χ0v) is 8.93. The van der Waals surface area contributed by atoms with Gasteiger partial charge in [-0.1, -0.05) is 26.7 Å². The molecule has 0 aromatic rings. The number of rotatable bonds is 7. The second-order valence-corrected chi connectivity index (χ2v) is 3.25. The molecule has 0 radical (unpaired) electrons. The summed E-state index contributed by atoms with van der Waals surface area (Å²) < 4.78 is 5.47. The third-order valence-corrected chi connectivity index (χ3v) is 2.37. The van der Waals surface area contributed by atoms with E-state index in [2.05, 4.69) is 6.92 Å². The Hall–Kier alpha value is -0.570. The first kappa shape index (κ1) is 12.4. The van der Waals surface area contributed by atoms with Crippen LogP contribution in [0.1, 0.15) is 46.5 Å². The molecule has 0 heterocycles. The Morgan fingerprint density at radius 3 is 2.31 bits per heavy atom. The summed E-state index contributed by atoms with van der Waals surface area (Å²) in [6.45, 7) is 6.46. The molecular weight excluding hydrogens is 166 g/mol. The number of amides is 1. The van der Waals surface area contributed by atoms with Gasteiger partial charge in [0.2, 0.25) is 5.91 Å². The van der Waals surface area contributed by atoms with E-state index in [9.17, 15) is 4.79 Å². The van der Waals surface area contributed by atoms with Crippen molar-refractivity contribution in [3.05, 3.63) is 0 Å². The van der Waals surface area contributed by atoms with Crippen LogP contribution in [0.2, 0.25) is 0 Å². The summed E-state index contributed by atoms with van der Waals surface area (Å²) in [6, 6.07) is 0. The van der Waals surface area contributed by atoms with Crippen LogP contribution in [-0.2, 0) is 9.53 Å². The molecule has 3 heteroatoms. The molecule has 0 saturated heterocycles. The van der Waals surface area contributed by atoms with Gasteiger partial charge in [0.25, 0.3) is 0 Å². The van der Waals surface area contributed by atoms with Crippen LogP contribution in [0.15, 0.2) is 0 Å². The largest absolute Gasteiger partial charge is 0.367 e. The first-order valence-corrected chi connectivity index (χ1v) is 5.06. The smallest absolute Gasteiger partial charge is 0.249 e. The molecule has 0 aliphatic rings. The molecule has 0 bridgehead atoms. The second-order valence-electron chi connectivity index (χ2n) is 3.25. The van der Waals surface area contributed by atoms with Crippen LogP contribution in [0.3, 0.4) is 0 Å². The van der Waals surface area contributed by atoms with E-state index in [1.54, 1.807) is 0 Å². The van der Waals surface area contributed by atoms with Crippen molar-refractivity contribution in [2.24, 2.45) is 5.73 Å². The Morgan fingerprint density at radius 1 is 1.38 bits per heavy atom. The lowest BCUT2D eigenvalue weighted by Crippen LogP contribution is -2.45. The normalized spacial score (nSPS) is 15.3. The lowest BCUT2D eigenvalue weighted by Gasteiger charge is -2.29. The third kappa shape index (κ3) is 3.35. The first-order valence-electron chi connectivity index (χ1n) is 5.06. The van der Waals surface area contributed by atoms with Gasteiger partial charge in [0.15, 0.2) is 0 Å². The van der Waals surface area contributed by atoms with Crippen LogP contribution in [0.5, 0.6) is 0 Å². The van der Waals surface area contributed by atoms with Crippen molar-refractivity contribution in [3.63, 3.8) is 0 Å². The number of unbranched alkanes of at least 4 members (excludes halogenated alkanes) is 1. The molecule has 0 spiro atoms. The van der Waals surface area contributed by atoms with Crippen molar-refractivity contribution in [2.75, 3.05) is 6.61 Å². The summed E-state index contributed by atoms with van der Waals surface area (Å²) in [4.78, 5) is 11.2. The van der Waals surface area contributed by atoms with E-state index in [-0.39, 0.29) is 5.91 Å². The van der Waals surface area contributed by atoms with Crippen LogP contribution in [0.25, 0.3) is 0 Å². The van der Waals surface area contributed by atoms with Gasteiger partial charge in [-0.2, -0.15) is 0 Å². The van der Waals surface area contributed by atoms with Crippen molar-refractivity contribution in [3.8, 4) is 0 Å². The summed E-state index contributed by atoms with van der Waals surface area (Å²) in [5, 5.41) is 0. The molecule has 0 rings (SSSR count). The number of hydrogen-bond acceptors (Lipinski definition) is 2. The minimum atomic E-state index is -0.718. The molecule has 0 saturated carbocycles. The fourth-order valence-electron chi connectivity index (χ4n) is 1.46. The predicted octanol–water partition coefficient (Wildman–Crippen LogP) is 1.85. The van der Waals surface area contributed by atoms with Gasteiger partial charge in [0, 0.05) is 6.61 Å². The molecule has 1 atom stereocenters. The number of hydrogen-bond donors (Lipinski definition) is 1. The Morgan fingerprint density at radius 2 is 2.00 bits per heavy atom. The minimum absolute atomic E-state index is 0.328. The summed E-state index contributed by atoms with van der Waals surface area (Å²) in [7, 11) is 0. The number of ether oxygens (including phenoxy) is 1. The Kier molecular flexibility index (Phi) is 5.71. The highest BCUT2D eigenvalue weighted by molar-refractivity contribution is 5.83. The Bertz CT molecular complexity index is 159. The Balaban J connectivity index is 4.35. The maximum atomic E-state index is 11.2. The van der Waals surface area contributed by atoms with Gasteiger partial charge in [-0.05, 0) is 19.8 Å². The fraction of sp³-hybridized carbons (Fsp3) is 0.900. The van der Waals surface area contributed by atoms with Crippen LogP contribution in [-0.4, -0.2) is 18.1 Å². The van der Waals surface area contributed by atoms with E-state index in [4.69, 9.17) is 10.5 Å². The molecule has 0 aliphatic heterocycles. The lowest BCUT2D eigenvalue weighted by molar-refractivity contribution is -0.145. The molecule has 3 nitrogen and oxygen atoms in total. The molecule has 2 N–H and O–H groups in total. The van der Waals surface area contributed by atoms with E-state index < -0.39 is 5.60 Å². The second kappa shape index (κ2) is 5.97.